The summed E-state index contributed by atoms with van der Waals surface area (Å²) < 4.78 is 37.2. The van der Waals surface area contributed by atoms with E-state index in [4.69, 9.17) is 9.47 Å². The van der Waals surface area contributed by atoms with E-state index in [-0.39, 0.29) is 23.1 Å². The lowest BCUT2D eigenvalue weighted by molar-refractivity contribution is -0.125. The molecule has 1 aliphatic heterocycles. The number of ether oxygens (including phenoxy) is 2. The number of carbonyl (C=O) groups is 2. The summed E-state index contributed by atoms with van der Waals surface area (Å²) in [6.07, 6.45) is 1.27. The molecule has 2 aromatic rings. The topological polar surface area (TPSA) is 114 Å². The molecule has 34 heavy (non-hydrogen) atoms. The predicted molar refractivity (Wildman–Crippen MR) is 127 cm³/mol. The molecular weight excluding hydrogens is 458 g/mol. The Morgan fingerprint density at radius 2 is 1.88 bits per heavy atom. The SMILES string of the molecule is C=CCNS(=O)(=O)c1ccc(C(=O)OCC(=O)NC[C@H]2CN(Cc3ccccc3)CCO2)cc1. The highest BCUT2D eigenvalue weighted by molar-refractivity contribution is 7.89. The van der Waals surface area contributed by atoms with Crippen molar-refractivity contribution in [2.24, 2.45) is 0 Å². The Balaban J connectivity index is 1.40. The van der Waals surface area contributed by atoms with Crippen LogP contribution in [-0.2, 0) is 30.8 Å². The third-order valence-electron chi connectivity index (χ3n) is 5.15. The minimum absolute atomic E-state index is 0.0115. The lowest BCUT2D eigenvalue weighted by Crippen LogP contribution is -2.47. The van der Waals surface area contributed by atoms with Crippen molar-refractivity contribution in [2.45, 2.75) is 17.5 Å². The molecular formula is C24H29N3O6S. The Bertz CT molecular complexity index is 1070. The predicted octanol–water partition coefficient (Wildman–Crippen LogP) is 1.32. The van der Waals surface area contributed by atoms with Crippen LogP contribution in [0.25, 0.3) is 0 Å². The van der Waals surface area contributed by atoms with Crippen LogP contribution in [0.1, 0.15) is 15.9 Å². The molecule has 0 aliphatic carbocycles. The zero-order valence-corrected chi connectivity index (χ0v) is 19.6. The number of nitrogens with one attached hydrogen (secondary N) is 2. The van der Waals surface area contributed by atoms with Gasteiger partial charge in [-0.25, -0.2) is 17.9 Å². The monoisotopic (exact) mass is 487 g/mol. The van der Waals surface area contributed by atoms with Gasteiger partial charge in [0, 0.05) is 32.7 Å². The van der Waals surface area contributed by atoms with Gasteiger partial charge < -0.3 is 14.8 Å². The van der Waals surface area contributed by atoms with Crippen molar-refractivity contribution in [3.8, 4) is 0 Å². The highest BCUT2D eigenvalue weighted by Crippen LogP contribution is 2.12. The molecule has 9 nitrogen and oxygen atoms in total. The first-order valence-electron chi connectivity index (χ1n) is 10.9. The number of morpholine rings is 1. The molecule has 0 bridgehead atoms. The smallest absolute Gasteiger partial charge is 0.338 e. The third kappa shape index (κ3) is 7.77. The minimum atomic E-state index is -3.68. The number of amides is 1. The number of carbonyl (C=O) groups excluding carboxylic acids is 2. The molecule has 1 atom stereocenters. The van der Waals surface area contributed by atoms with E-state index in [1.807, 2.05) is 18.2 Å². The average molecular weight is 488 g/mol. The van der Waals surface area contributed by atoms with E-state index in [9.17, 15) is 18.0 Å². The zero-order chi connectivity index (χ0) is 24.4. The number of benzene rings is 2. The standard InChI is InChI=1S/C24H29N3O6S/c1-2-12-26-34(30,31)22-10-8-20(9-11-22)24(29)33-18-23(28)25-15-21-17-27(13-14-32-21)16-19-6-4-3-5-7-19/h2-11,21,26H,1,12-18H2,(H,25,28)/t21-/m0/s1. The maximum absolute atomic E-state index is 12.2. The Morgan fingerprint density at radius 1 is 1.15 bits per heavy atom. The molecule has 1 amide bonds. The number of nitrogens with zero attached hydrogens (tertiary/aromatic N) is 1. The normalized spacial score (nSPS) is 16.5. The zero-order valence-electron chi connectivity index (χ0n) is 18.8. The molecule has 10 heteroatoms. The average Bonchev–Trinajstić information content (AvgIpc) is 2.86. The Hall–Kier alpha value is -3.05. The summed E-state index contributed by atoms with van der Waals surface area (Å²) in [5, 5.41) is 2.73. The van der Waals surface area contributed by atoms with Crippen LogP contribution in [0.3, 0.4) is 0 Å². The quantitative estimate of drug-likeness (QED) is 0.363. The van der Waals surface area contributed by atoms with Crippen LogP contribution in [0.15, 0.2) is 72.1 Å². The van der Waals surface area contributed by atoms with Crippen molar-refractivity contribution < 1.29 is 27.5 Å². The summed E-state index contributed by atoms with van der Waals surface area (Å²) in [5.74, 6) is -1.16. The summed E-state index contributed by atoms with van der Waals surface area (Å²) in [5.41, 5.74) is 1.36. The highest BCUT2D eigenvalue weighted by Gasteiger charge is 2.21. The molecule has 0 radical (unpaired) electrons. The summed E-state index contributed by atoms with van der Waals surface area (Å²) in [4.78, 5) is 26.6. The van der Waals surface area contributed by atoms with Crippen LogP contribution < -0.4 is 10.0 Å². The van der Waals surface area contributed by atoms with Crippen LogP contribution in [0.4, 0.5) is 0 Å². The summed E-state index contributed by atoms with van der Waals surface area (Å²) in [6.45, 7) is 6.32. The van der Waals surface area contributed by atoms with E-state index >= 15 is 0 Å². The Morgan fingerprint density at radius 3 is 2.59 bits per heavy atom. The van der Waals surface area contributed by atoms with Crippen LogP contribution in [0.5, 0.6) is 0 Å². The molecule has 0 spiro atoms. The second kappa shape index (κ2) is 12.4. The van der Waals surface area contributed by atoms with Gasteiger partial charge in [-0.05, 0) is 29.8 Å². The Kier molecular flexibility index (Phi) is 9.34. The van der Waals surface area contributed by atoms with Crippen molar-refractivity contribution in [2.75, 3.05) is 39.4 Å². The molecule has 1 aliphatic rings. The number of hydrogen-bond donors (Lipinski definition) is 2. The first-order chi connectivity index (χ1) is 16.4. The summed E-state index contributed by atoms with van der Waals surface area (Å²) in [6, 6.07) is 15.4. The molecule has 3 rings (SSSR count). The fourth-order valence-electron chi connectivity index (χ4n) is 3.40. The van der Waals surface area contributed by atoms with E-state index < -0.39 is 28.5 Å². The summed E-state index contributed by atoms with van der Waals surface area (Å²) in [7, 11) is -3.68. The van der Waals surface area contributed by atoms with E-state index in [1.165, 1.54) is 35.9 Å². The van der Waals surface area contributed by atoms with Crippen LogP contribution in [-0.4, -0.2) is 70.7 Å². The largest absolute Gasteiger partial charge is 0.452 e. The molecule has 0 aromatic heterocycles. The van der Waals surface area contributed by atoms with Crippen molar-refractivity contribution in [3.05, 3.63) is 78.4 Å². The summed E-state index contributed by atoms with van der Waals surface area (Å²) >= 11 is 0. The van der Waals surface area contributed by atoms with Crippen LogP contribution in [0, 0.1) is 0 Å². The second-order valence-electron chi connectivity index (χ2n) is 7.76. The van der Waals surface area contributed by atoms with Gasteiger partial charge in [-0.2, -0.15) is 0 Å². The number of rotatable bonds is 11. The number of hydrogen-bond acceptors (Lipinski definition) is 7. The van der Waals surface area contributed by atoms with E-state index in [0.29, 0.717) is 19.7 Å². The molecule has 1 fully saturated rings. The van der Waals surface area contributed by atoms with E-state index in [0.717, 1.165) is 13.1 Å². The van der Waals surface area contributed by atoms with Crippen molar-refractivity contribution >= 4 is 21.9 Å². The van der Waals surface area contributed by atoms with Gasteiger partial charge in [0.25, 0.3) is 5.91 Å². The van der Waals surface area contributed by atoms with Crippen molar-refractivity contribution in [3.63, 3.8) is 0 Å². The van der Waals surface area contributed by atoms with Crippen molar-refractivity contribution in [1.82, 2.24) is 14.9 Å². The third-order valence-corrected chi connectivity index (χ3v) is 6.59. The van der Waals surface area contributed by atoms with Gasteiger partial charge in [-0.1, -0.05) is 36.4 Å². The lowest BCUT2D eigenvalue weighted by Gasteiger charge is -2.33. The fraction of sp³-hybridized carbons (Fsp3) is 0.333. The molecule has 1 heterocycles. The van der Waals surface area contributed by atoms with Crippen molar-refractivity contribution in [1.29, 1.82) is 0 Å². The minimum Gasteiger partial charge on any atom is -0.452 e. The van der Waals surface area contributed by atoms with Gasteiger partial charge in [0.05, 0.1) is 23.2 Å². The van der Waals surface area contributed by atoms with Crippen LogP contribution >= 0.6 is 0 Å². The van der Waals surface area contributed by atoms with Gasteiger partial charge in [0.2, 0.25) is 10.0 Å². The first kappa shape index (κ1) is 25.6. The maximum atomic E-state index is 12.2. The number of esters is 1. The van der Waals surface area contributed by atoms with Gasteiger partial charge in [0.1, 0.15) is 0 Å². The van der Waals surface area contributed by atoms with Gasteiger partial charge in [0.15, 0.2) is 6.61 Å². The molecule has 2 N–H and O–H groups in total. The first-order valence-corrected chi connectivity index (χ1v) is 12.4. The molecule has 0 unspecified atom stereocenters. The lowest BCUT2D eigenvalue weighted by atomic mass is 10.2. The molecule has 1 saturated heterocycles. The molecule has 2 aromatic carbocycles. The molecule has 182 valence electrons. The van der Waals surface area contributed by atoms with E-state index in [1.54, 1.807) is 0 Å². The molecule has 0 saturated carbocycles. The van der Waals surface area contributed by atoms with E-state index in [2.05, 4.69) is 33.7 Å². The number of sulfonamides is 1. The van der Waals surface area contributed by atoms with Gasteiger partial charge in [-0.3, -0.25) is 9.69 Å². The maximum Gasteiger partial charge on any atom is 0.338 e. The van der Waals surface area contributed by atoms with Crippen LogP contribution in [0.2, 0.25) is 0 Å². The Labute approximate surface area is 199 Å². The van der Waals surface area contributed by atoms with Gasteiger partial charge >= 0.3 is 5.97 Å². The second-order valence-corrected chi connectivity index (χ2v) is 9.53. The fourth-order valence-corrected chi connectivity index (χ4v) is 4.40. The highest BCUT2D eigenvalue weighted by atomic mass is 32.2. The van der Waals surface area contributed by atoms with Gasteiger partial charge in [-0.15, -0.1) is 6.58 Å².